The molecule has 1 atom stereocenters. The van der Waals surface area contributed by atoms with E-state index in [0.29, 0.717) is 5.92 Å². The van der Waals surface area contributed by atoms with Crippen molar-refractivity contribution >= 4 is 0 Å². The van der Waals surface area contributed by atoms with Crippen LogP contribution in [0.4, 0.5) is 0 Å². The zero-order chi connectivity index (χ0) is 11.6. The van der Waals surface area contributed by atoms with Crippen LogP contribution in [0.25, 0.3) is 0 Å². The van der Waals surface area contributed by atoms with Crippen molar-refractivity contribution in [3.05, 3.63) is 23.0 Å². The van der Waals surface area contributed by atoms with Gasteiger partial charge in [-0.25, -0.2) is 0 Å². The molecule has 1 unspecified atom stereocenters. The Kier molecular flexibility index (Phi) is 3.57. The fourth-order valence-corrected chi connectivity index (χ4v) is 1.98. The first-order chi connectivity index (χ1) is 6.97. The van der Waals surface area contributed by atoms with Gasteiger partial charge in [0.15, 0.2) is 0 Å². The van der Waals surface area contributed by atoms with Crippen molar-refractivity contribution in [2.45, 2.75) is 47.1 Å². The number of hydrogen-bond donors (Lipinski definition) is 0. The Morgan fingerprint density at radius 2 is 1.93 bits per heavy atom. The molecule has 15 heavy (non-hydrogen) atoms. The molecule has 0 aliphatic heterocycles. The van der Waals surface area contributed by atoms with Gasteiger partial charge in [-0.15, -0.1) is 0 Å². The summed E-state index contributed by atoms with van der Waals surface area (Å²) in [5, 5.41) is 8.94. The van der Waals surface area contributed by atoms with Gasteiger partial charge in [0.05, 0.1) is 12.0 Å². The van der Waals surface area contributed by atoms with Crippen LogP contribution in [0.5, 0.6) is 0 Å². The van der Waals surface area contributed by atoms with Gasteiger partial charge in [-0.05, 0) is 38.3 Å². The van der Waals surface area contributed by atoms with Gasteiger partial charge in [-0.3, -0.25) is 0 Å². The SMILES string of the molecule is Cc1cc(C(C)C#N)c(C)n1CC(C)C. The molecule has 0 amide bonds. The van der Waals surface area contributed by atoms with Crippen molar-refractivity contribution in [2.24, 2.45) is 5.92 Å². The molecule has 1 rings (SSSR count). The highest BCUT2D eigenvalue weighted by molar-refractivity contribution is 5.33. The number of nitrogens with zero attached hydrogens (tertiary/aromatic N) is 2. The normalized spacial score (nSPS) is 12.9. The van der Waals surface area contributed by atoms with E-state index in [4.69, 9.17) is 5.26 Å². The van der Waals surface area contributed by atoms with E-state index in [9.17, 15) is 0 Å². The van der Waals surface area contributed by atoms with Crippen molar-refractivity contribution in [1.29, 1.82) is 5.26 Å². The maximum atomic E-state index is 8.94. The molecule has 0 radical (unpaired) electrons. The van der Waals surface area contributed by atoms with Crippen LogP contribution in [0.15, 0.2) is 6.07 Å². The quantitative estimate of drug-likeness (QED) is 0.742. The van der Waals surface area contributed by atoms with Crippen molar-refractivity contribution in [3.8, 4) is 6.07 Å². The van der Waals surface area contributed by atoms with Crippen LogP contribution in [0.3, 0.4) is 0 Å². The fourth-order valence-electron chi connectivity index (χ4n) is 1.98. The fraction of sp³-hybridized carbons (Fsp3) is 0.615. The number of aryl methyl sites for hydroxylation is 1. The van der Waals surface area contributed by atoms with Gasteiger partial charge in [-0.2, -0.15) is 5.26 Å². The van der Waals surface area contributed by atoms with E-state index in [1.165, 1.54) is 17.0 Å². The first-order valence-corrected chi connectivity index (χ1v) is 5.53. The minimum Gasteiger partial charge on any atom is -0.349 e. The van der Waals surface area contributed by atoms with Crippen molar-refractivity contribution in [1.82, 2.24) is 4.57 Å². The molecular formula is C13H20N2. The monoisotopic (exact) mass is 204 g/mol. The second-order valence-electron chi connectivity index (χ2n) is 4.68. The van der Waals surface area contributed by atoms with E-state index < -0.39 is 0 Å². The van der Waals surface area contributed by atoms with Crippen LogP contribution < -0.4 is 0 Å². The summed E-state index contributed by atoms with van der Waals surface area (Å²) in [4.78, 5) is 0. The van der Waals surface area contributed by atoms with Gasteiger partial charge in [0.1, 0.15) is 0 Å². The number of rotatable bonds is 3. The Morgan fingerprint density at radius 3 is 2.40 bits per heavy atom. The molecule has 2 nitrogen and oxygen atoms in total. The predicted molar refractivity (Wildman–Crippen MR) is 62.8 cm³/mol. The average Bonchev–Trinajstić information content (AvgIpc) is 2.44. The van der Waals surface area contributed by atoms with Crippen LogP contribution in [-0.2, 0) is 6.54 Å². The third kappa shape index (κ3) is 2.41. The van der Waals surface area contributed by atoms with Crippen LogP contribution in [0.1, 0.15) is 43.6 Å². The molecule has 1 aromatic rings. The Bertz CT molecular complexity index is 380. The predicted octanol–water partition coefficient (Wildman–Crippen LogP) is 3.39. The molecule has 0 aromatic carbocycles. The number of aromatic nitrogens is 1. The zero-order valence-electron chi connectivity index (χ0n) is 10.3. The van der Waals surface area contributed by atoms with E-state index in [0.717, 1.165) is 6.54 Å². The van der Waals surface area contributed by atoms with E-state index in [1.54, 1.807) is 0 Å². The average molecular weight is 204 g/mol. The largest absolute Gasteiger partial charge is 0.349 e. The Balaban J connectivity index is 3.10. The summed E-state index contributed by atoms with van der Waals surface area (Å²) < 4.78 is 2.31. The number of hydrogen-bond acceptors (Lipinski definition) is 1. The second kappa shape index (κ2) is 4.53. The molecule has 0 aliphatic rings. The minimum absolute atomic E-state index is 0.00267. The minimum atomic E-state index is -0.00267. The van der Waals surface area contributed by atoms with E-state index in [-0.39, 0.29) is 5.92 Å². The van der Waals surface area contributed by atoms with Gasteiger partial charge >= 0.3 is 0 Å². The van der Waals surface area contributed by atoms with Gasteiger partial charge in [0.2, 0.25) is 0 Å². The molecule has 0 spiro atoms. The Morgan fingerprint density at radius 1 is 1.33 bits per heavy atom. The van der Waals surface area contributed by atoms with E-state index in [2.05, 4.69) is 44.4 Å². The molecule has 1 aromatic heterocycles. The summed E-state index contributed by atoms with van der Waals surface area (Å²) >= 11 is 0. The lowest BCUT2D eigenvalue weighted by Crippen LogP contribution is -2.08. The van der Waals surface area contributed by atoms with Crippen LogP contribution >= 0.6 is 0 Å². The summed E-state index contributed by atoms with van der Waals surface area (Å²) in [5.74, 6) is 0.636. The summed E-state index contributed by atoms with van der Waals surface area (Å²) in [6.07, 6.45) is 0. The summed E-state index contributed by atoms with van der Waals surface area (Å²) in [7, 11) is 0. The third-order valence-corrected chi connectivity index (χ3v) is 2.82. The summed E-state index contributed by atoms with van der Waals surface area (Å²) in [6.45, 7) is 11.7. The van der Waals surface area contributed by atoms with Crippen molar-refractivity contribution in [2.75, 3.05) is 0 Å². The lowest BCUT2D eigenvalue weighted by atomic mass is 10.0. The molecule has 0 saturated heterocycles. The molecule has 0 N–H and O–H groups in total. The molecule has 1 heterocycles. The highest BCUT2D eigenvalue weighted by Crippen LogP contribution is 2.23. The van der Waals surface area contributed by atoms with Gasteiger partial charge in [0, 0.05) is 17.9 Å². The first-order valence-electron chi connectivity index (χ1n) is 5.53. The highest BCUT2D eigenvalue weighted by atomic mass is 15.0. The van der Waals surface area contributed by atoms with E-state index in [1.807, 2.05) is 6.92 Å². The van der Waals surface area contributed by atoms with Crippen LogP contribution in [0, 0.1) is 31.1 Å². The van der Waals surface area contributed by atoms with Gasteiger partial charge in [0.25, 0.3) is 0 Å². The smallest absolute Gasteiger partial charge is 0.0702 e. The van der Waals surface area contributed by atoms with E-state index >= 15 is 0 Å². The topological polar surface area (TPSA) is 28.7 Å². The van der Waals surface area contributed by atoms with Gasteiger partial charge < -0.3 is 4.57 Å². The molecular weight excluding hydrogens is 184 g/mol. The maximum Gasteiger partial charge on any atom is 0.0702 e. The molecule has 2 heteroatoms. The van der Waals surface area contributed by atoms with Crippen molar-refractivity contribution < 1.29 is 0 Å². The first kappa shape index (κ1) is 11.8. The van der Waals surface area contributed by atoms with Crippen molar-refractivity contribution in [3.63, 3.8) is 0 Å². The Labute approximate surface area is 92.5 Å². The lowest BCUT2D eigenvalue weighted by Gasteiger charge is -2.12. The zero-order valence-corrected chi connectivity index (χ0v) is 10.3. The molecule has 0 bridgehead atoms. The molecule has 82 valence electrons. The number of nitriles is 1. The second-order valence-corrected chi connectivity index (χ2v) is 4.68. The van der Waals surface area contributed by atoms with Gasteiger partial charge in [-0.1, -0.05) is 13.8 Å². The maximum absolute atomic E-state index is 8.94. The summed E-state index contributed by atoms with van der Waals surface area (Å²) in [5.41, 5.74) is 3.68. The molecule has 0 saturated carbocycles. The molecule has 0 aliphatic carbocycles. The third-order valence-electron chi connectivity index (χ3n) is 2.82. The standard InChI is InChI=1S/C13H20N2/c1-9(2)8-15-11(4)6-13(12(15)5)10(3)7-14/h6,9-10H,8H2,1-5H3. The molecule has 0 fully saturated rings. The lowest BCUT2D eigenvalue weighted by molar-refractivity contribution is 0.508. The van der Waals surface area contributed by atoms with Crippen LogP contribution in [-0.4, -0.2) is 4.57 Å². The Hall–Kier alpha value is -1.23. The highest BCUT2D eigenvalue weighted by Gasteiger charge is 2.14. The van der Waals surface area contributed by atoms with Crippen LogP contribution in [0.2, 0.25) is 0 Å². The summed E-state index contributed by atoms with van der Waals surface area (Å²) in [6, 6.07) is 4.45.